The van der Waals surface area contributed by atoms with Crippen molar-refractivity contribution in [3.63, 3.8) is 0 Å². The molecule has 0 fully saturated rings. The molecular formula is C26H14Br2O3. The largest absolute Gasteiger partial charge is 0.508 e. The van der Waals surface area contributed by atoms with Crippen LogP contribution in [0.2, 0.25) is 0 Å². The third-order valence-corrected chi connectivity index (χ3v) is 6.44. The van der Waals surface area contributed by atoms with E-state index in [0.717, 1.165) is 47.9 Å². The van der Waals surface area contributed by atoms with Gasteiger partial charge in [0.25, 0.3) is 0 Å². The van der Waals surface area contributed by atoms with Gasteiger partial charge in [-0.2, -0.15) is 0 Å². The molecule has 0 spiro atoms. The second-order valence-electron chi connectivity index (χ2n) is 7.31. The Labute approximate surface area is 195 Å². The quantitative estimate of drug-likeness (QED) is 0.228. The monoisotopic (exact) mass is 532 g/mol. The Bertz CT molecular complexity index is 1350. The second-order valence-corrected chi connectivity index (χ2v) is 9.14. The van der Waals surface area contributed by atoms with Crippen LogP contribution in [0.5, 0.6) is 5.75 Å². The number of ketones is 2. The number of hydrogen-bond acceptors (Lipinski definition) is 3. The Morgan fingerprint density at radius 2 is 0.903 bits per heavy atom. The average molecular weight is 534 g/mol. The van der Waals surface area contributed by atoms with Gasteiger partial charge in [-0.3, -0.25) is 9.59 Å². The van der Waals surface area contributed by atoms with Gasteiger partial charge in [0.05, 0.1) is 0 Å². The summed E-state index contributed by atoms with van der Waals surface area (Å²) in [5.41, 5.74) is 6.79. The van der Waals surface area contributed by atoms with Gasteiger partial charge < -0.3 is 5.11 Å². The minimum absolute atomic E-state index is 0.00324. The second kappa shape index (κ2) is 7.59. The zero-order valence-electron chi connectivity index (χ0n) is 16.0. The zero-order chi connectivity index (χ0) is 21.7. The highest BCUT2D eigenvalue weighted by Gasteiger charge is 2.27. The lowest BCUT2D eigenvalue weighted by Crippen LogP contribution is -1.94. The summed E-state index contributed by atoms with van der Waals surface area (Å²) in [7, 11) is 0. The van der Waals surface area contributed by atoms with E-state index in [1.54, 1.807) is 12.1 Å². The van der Waals surface area contributed by atoms with Gasteiger partial charge in [-0.1, -0.05) is 68.3 Å². The molecule has 6 rings (SSSR count). The first-order valence-corrected chi connectivity index (χ1v) is 11.1. The molecule has 1 N–H and O–H groups in total. The Morgan fingerprint density at radius 3 is 1.48 bits per heavy atom. The molecule has 0 amide bonds. The standard InChI is InChI=1S/C13H6Br2O.C13H8O2/c14-7-1-3-9-10-4-2-8(15)6-12(10)13(16)11(9)5-7;14-8-5-6-10-9-3-1-2-4-11(9)13(15)12(10)7-8/h1-6H;1-7,14H. The molecule has 150 valence electrons. The molecule has 0 aliphatic heterocycles. The van der Waals surface area contributed by atoms with E-state index in [0.29, 0.717) is 5.56 Å². The van der Waals surface area contributed by atoms with Crippen molar-refractivity contribution in [1.29, 1.82) is 0 Å². The fourth-order valence-corrected chi connectivity index (χ4v) is 4.76. The third kappa shape index (κ3) is 3.34. The van der Waals surface area contributed by atoms with E-state index in [4.69, 9.17) is 0 Å². The minimum atomic E-state index is -0.00324. The van der Waals surface area contributed by atoms with Crippen molar-refractivity contribution in [2.75, 3.05) is 0 Å². The number of fused-ring (bicyclic) bond motifs is 6. The number of carbonyl (C=O) groups excluding carboxylic acids is 2. The summed E-state index contributed by atoms with van der Waals surface area (Å²) >= 11 is 6.78. The predicted molar refractivity (Wildman–Crippen MR) is 128 cm³/mol. The van der Waals surface area contributed by atoms with E-state index < -0.39 is 0 Å². The normalized spacial score (nSPS) is 12.5. The van der Waals surface area contributed by atoms with Crippen LogP contribution in [0, 0.1) is 0 Å². The van der Waals surface area contributed by atoms with Crippen LogP contribution in [0.4, 0.5) is 0 Å². The molecule has 0 unspecified atom stereocenters. The molecule has 4 aromatic carbocycles. The summed E-state index contributed by atoms with van der Waals surface area (Å²) in [6, 6.07) is 24.1. The molecule has 4 aromatic rings. The summed E-state index contributed by atoms with van der Waals surface area (Å²) in [5, 5.41) is 9.34. The lowest BCUT2D eigenvalue weighted by atomic mass is 10.1. The van der Waals surface area contributed by atoms with Crippen LogP contribution >= 0.6 is 31.9 Å². The fraction of sp³-hybridized carbons (Fsp3) is 0. The van der Waals surface area contributed by atoms with Crippen LogP contribution in [0.1, 0.15) is 31.8 Å². The smallest absolute Gasteiger partial charge is 0.194 e. The van der Waals surface area contributed by atoms with Crippen molar-refractivity contribution in [3.8, 4) is 28.0 Å². The first-order valence-electron chi connectivity index (χ1n) is 9.55. The number of phenols is 1. The van der Waals surface area contributed by atoms with E-state index >= 15 is 0 Å². The number of phenolic OH excluding ortho intramolecular Hbond substituents is 1. The Kier molecular flexibility index (Phi) is 4.88. The van der Waals surface area contributed by atoms with Gasteiger partial charge in [0.15, 0.2) is 11.6 Å². The summed E-state index contributed by atoms with van der Waals surface area (Å²) < 4.78 is 1.87. The number of rotatable bonds is 0. The highest BCUT2D eigenvalue weighted by molar-refractivity contribution is 9.10. The van der Waals surface area contributed by atoms with Gasteiger partial charge in [-0.05, 0) is 64.7 Å². The van der Waals surface area contributed by atoms with E-state index in [9.17, 15) is 14.7 Å². The molecule has 0 radical (unpaired) electrons. The predicted octanol–water partition coefficient (Wildman–Crippen LogP) is 7.03. The maximum Gasteiger partial charge on any atom is 0.194 e. The molecule has 2 aliphatic rings. The zero-order valence-corrected chi connectivity index (χ0v) is 19.2. The maximum absolute atomic E-state index is 12.2. The Morgan fingerprint density at radius 1 is 0.484 bits per heavy atom. The van der Waals surface area contributed by atoms with Crippen molar-refractivity contribution in [2.45, 2.75) is 0 Å². The van der Waals surface area contributed by atoms with Crippen molar-refractivity contribution < 1.29 is 14.7 Å². The van der Waals surface area contributed by atoms with Crippen LogP contribution < -0.4 is 0 Å². The van der Waals surface area contributed by atoms with Crippen LogP contribution in [-0.4, -0.2) is 16.7 Å². The SMILES string of the molecule is O=C1c2cc(Br)ccc2-c2ccc(Br)cc21.O=C1c2ccccc2-c2ccc(O)cc21. The van der Waals surface area contributed by atoms with E-state index in [1.807, 2.05) is 60.7 Å². The molecule has 0 saturated carbocycles. The topological polar surface area (TPSA) is 54.4 Å². The van der Waals surface area contributed by atoms with Crippen LogP contribution in [-0.2, 0) is 0 Å². The maximum atomic E-state index is 12.2. The number of aromatic hydroxyl groups is 1. The molecule has 0 atom stereocenters. The first-order chi connectivity index (χ1) is 14.9. The van der Waals surface area contributed by atoms with Gasteiger partial charge >= 0.3 is 0 Å². The van der Waals surface area contributed by atoms with E-state index in [-0.39, 0.29) is 17.3 Å². The van der Waals surface area contributed by atoms with Crippen molar-refractivity contribution in [2.24, 2.45) is 0 Å². The van der Waals surface area contributed by atoms with Crippen molar-refractivity contribution in [3.05, 3.63) is 110 Å². The first kappa shape index (κ1) is 19.9. The molecule has 0 saturated heterocycles. The molecule has 3 nitrogen and oxygen atoms in total. The summed E-state index contributed by atoms with van der Waals surface area (Å²) in [5.74, 6) is 0.235. The number of halogens is 2. The third-order valence-electron chi connectivity index (χ3n) is 5.45. The lowest BCUT2D eigenvalue weighted by molar-refractivity contribution is 0.103. The van der Waals surface area contributed by atoms with Gasteiger partial charge in [-0.25, -0.2) is 0 Å². The molecule has 2 aliphatic carbocycles. The molecule has 31 heavy (non-hydrogen) atoms. The van der Waals surface area contributed by atoms with Crippen LogP contribution in [0.15, 0.2) is 87.8 Å². The molecule has 0 aromatic heterocycles. The average Bonchev–Trinajstić information content (AvgIpc) is 3.20. The van der Waals surface area contributed by atoms with Gasteiger partial charge in [0.1, 0.15) is 5.75 Å². The van der Waals surface area contributed by atoms with Crippen molar-refractivity contribution in [1.82, 2.24) is 0 Å². The van der Waals surface area contributed by atoms with Gasteiger partial charge in [0, 0.05) is 31.2 Å². The summed E-state index contributed by atoms with van der Waals surface area (Å²) in [6.45, 7) is 0. The molecular weight excluding hydrogens is 520 g/mol. The molecule has 5 heteroatoms. The number of hydrogen-bond donors (Lipinski definition) is 1. The molecule has 0 bridgehead atoms. The fourth-order valence-electron chi connectivity index (χ4n) is 4.04. The van der Waals surface area contributed by atoms with Crippen LogP contribution in [0.25, 0.3) is 22.3 Å². The molecule has 0 heterocycles. The van der Waals surface area contributed by atoms with Crippen LogP contribution in [0.3, 0.4) is 0 Å². The van der Waals surface area contributed by atoms with E-state index in [2.05, 4.69) is 31.9 Å². The number of carbonyl (C=O) groups is 2. The van der Waals surface area contributed by atoms with Gasteiger partial charge in [0.2, 0.25) is 0 Å². The summed E-state index contributed by atoms with van der Waals surface area (Å²) in [6.07, 6.45) is 0. The number of benzene rings is 4. The van der Waals surface area contributed by atoms with E-state index in [1.165, 1.54) is 6.07 Å². The Balaban J connectivity index is 0.000000132. The van der Waals surface area contributed by atoms with Gasteiger partial charge in [-0.15, -0.1) is 0 Å². The lowest BCUT2D eigenvalue weighted by Gasteiger charge is -1.99. The van der Waals surface area contributed by atoms with Crippen molar-refractivity contribution >= 4 is 43.4 Å². The minimum Gasteiger partial charge on any atom is -0.508 e. The highest BCUT2D eigenvalue weighted by atomic mass is 79.9. The summed E-state index contributed by atoms with van der Waals surface area (Å²) in [4.78, 5) is 24.1. The Hall–Kier alpha value is -3.02. The highest BCUT2D eigenvalue weighted by Crippen LogP contribution is 2.39.